The van der Waals surface area contributed by atoms with E-state index in [4.69, 9.17) is 11.6 Å². The van der Waals surface area contributed by atoms with Crippen LogP contribution in [0, 0.1) is 5.41 Å². The highest BCUT2D eigenvalue weighted by Gasteiger charge is 2.56. The molecule has 2 aromatic heterocycles. The molecule has 2 nitrogen and oxygen atoms in total. The summed E-state index contributed by atoms with van der Waals surface area (Å²) >= 11 is 9.92. The molecular formula is C17H21ClN2S2. The predicted octanol–water partition coefficient (Wildman–Crippen LogP) is 4.61. The number of hydrogen-bond acceptors (Lipinski definition) is 4. The van der Waals surface area contributed by atoms with Crippen LogP contribution in [0.1, 0.15) is 29.7 Å². The highest BCUT2D eigenvalue weighted by Crippen LogP contribution is 2.56. The number of nitrogens with zero attached hydrogens (tertiary/aromatic N) is 1. The van der Waals surface area contributed by atoms with Gasteiger partial charge in [0.25, 0.3) is 0 Å². The van der Waals surface area contributed by atoms with Crippen molar-refractivity contribution in [3.63, 3.8) is 0 Å². The van der Waals surface area contributed by atoms with Crippen LogP contribution in [0.2, 0.25) is 5.02 Å². The molecule has 1 aliphatic carbocycles. The molecule has 1 saturated heterocycles. The Morgan fingerprint density at radius 2 is 2.09 bits per heavy atom. The quantitative estimate of drug-likeness (QED) is 0.845. The van der Waals surface area contributed by atoms with Gasteiger partial charge in [-0.2, -0.15) is 11.3 Å². The second-order valence-electron chi connectivity index (χ2n) is 6.56. The smallest absolute Gasteiger partial charge is 0.0558 e. The molecular weight excluding hydrogens is 332 g/mol. The monoisotopic (exact) mass is 352 g/mol. The van der Waals surface area contributed by atoms with Gasteiger partial charge in [0.05, 0.1) is 5.02 Å². The van der Waals surface area contributed by atoms with Crippen molar-refractivity contribution in [3.8, 4) is 0 Å². The van der Waals surface area contributed by atoms with Crippen molar-refractivity contribution in [2.75, 3.05) is 13.1 Å². The fourth-order valence-electron chi connectivity index (χ4n) is 3.82. The zero-order chi connectivity index (χ0) is 15.0. The average Bonchev–Trinajstić information content (AvgIpc) is 2.90. The molecule has 2 fully saturated rings. The summed E-state index contributed by atoms with van der Waals surface area (Å²) < 4.78 is 0. The highest BCUT2D eigenvalue weighted by molar-refractivity contribution is 7.10. The Hall–Kier alpha value is -0.390. The molecule has 0 radical (unpaired) electrons. The summed E-state index contributed by atoms with van der Waals surface area (Å²) in [4.78, 5) is 3.98. The molecule has 0 aromatic carbocycles. The minimum atomic E-state index is 0.574. The van der Waals surface area contributed by atoms with Gasteiger partial charge in [-0.15, -0.1) is 11.3 Å². The molecule has 5 heteroatoms. The Kier molecular flexibility index (Phi) is 4.31. The summed E-state index contributed by atoms with van der Waals surface area (Å²) in [5, 5.41) is 11.0. The minimum Gasteiger partial charge on any atom is -0.317 e. The zero-order valence-corrected chi connectivity index (χ0v) is 14.9. The van der Waals surface area contributed by atoms with Crippen LogP contribution in [0.4, 0.5) is 0 Å². The first-order valence-corrected chi connectivity index (χ1v) is 10.1. The fraction of sp³-hybridized carbons (Fsp3) is 0.529. The molecule has 3 heterocycles. The molecule has 1 N–H and O–H groups in total. The van der Waals surface area contributed by atoms with Crippen molar-refractivity contribution in [1.29, 1.82) is 0 Å². The van der Waals surface area contributed by atoms with Crippen molar-refractivity contribution < 1.29 is 0 Å². The number of hydrogen-bond donors (Lipinski definition) is 1. The maximum absolute atomic E-state index is 6.34. The Morgan fingerprint density at radius 1 is 1.23 bits per heavy atom. The lowest BCUT2D eigenvalue weighted by Crippen LogP contribution is -2.35. The lowest BCUT2D eigenvalue weighted by molar-refractivity contribution is 0.189. The van der Waals surface area contributed by atoms with Gasteiger partial charge >= 0.3 is 0 Å². The van der Waals surface area contributed by atoms with Gasteiger partial charge in [0.1, 0.15) is 0 Å². The lowest BCUT2D eigenvalue weighted by Gasteiger charge is -2.29. The van der Waals surface area contributed by atoms with Crippen LogP contribution in [-0.4, -0.2) is 24.0 Å². The van der Waals surface area contributed by atoms with Crippen molar-refractivity contribution >= 4 is 34.3 Å². The number of nitrogens with one attached hydrogen (secondary N) is 1. The zero-order valence-electron chi connectivity index (χ0n) is 12.6. The van der Waals surface area contributed by atoms with E-state index in [1.807, 2.05) is 6.07 Å². The van der Waals surface area contributed by atoms with E-state index in [1.165, 1.54) is 42.8 Å². The third kappa shape index (κ3) is 3.00. The standard InChI is InChI=1S/C17H21ClN2S2/c18-14-2-8-22-15(14)11-20(10-13-1-7-21-12-13)16-9-17(16)3-5-19-6-4-17/h1-2,7-8,12,16,19H,3-6,9-11H2. The Bertz CT molecular complexity index is 616. The first-order chi connectivity index (χ1) is 10.8. The van der Waals surface area contributed by atoms with E-state index < -0.39 is 0 Å². The van der Waals surface area contributed by atoms with E-state index in [-0.39, 0.29) is 0 Å². The first kappa shape index (κ1) is 15.2. The Balaban J connectivity index is 1.52. The molecule has 22 heavy (non-hydrogen) atoms. The third-order valence-corrected chi connectivity index (χ3v) is 7.29. The van der Waals surface area contributed by atoms with Crippen LogP contribution in [0.3, 0.4) is 0 Å². The van der Waals surface area contributed by atoms with Gasteiger partial charge in [-0.3, -0.25) is 4.90 Å². The van der Waals surface area contributed by atoms with E-state index in [1.54, 1.807) is 22.7 Å². The molecule has 0 bridgehead atoms. The molecule has 1 saturated carbocycles. The van der Waals surface area contributed by atoms with Crippen LogP contribution in [-0.2, 0) is 13.1 Å². The summed E-state index contributed by atoms with van der Waals surface area (Å²) in [7, 11) is 0. The first-order valence-electron chi connectivity index (χ1n) is 7.95. The van der Waals surface area contributed by atoms with Crippen LogP contribution in [0.25, 0.3) is 0 Å². The summed E-state index contributed by atoms with van der Waals surface area (Å²) in [6.45, 7) is 4.41. The number of rotatable bonds is 5. The normalized spacial score (nSPS) is 23.3. The average molecular weight is 353 g/mol. The SMILES string of the molecule is Clc1ccsc1CN(Cc1ccsc1)C1CC12CCNCC2. The molecule has 1 spiro atoms. The van der Waals surface area contributed by atoms with Gasteiger partial charge in [0.15, 0.2) is 0 Å². The van der Waals surface area contributed by atoms with E-state index in [0.29, 0.717) is 5.41 Å². The molecule has 1 unspecified atom stereocenters. The predicted molar refractivity (Wildman–Crippen MR) is 95.8 cm³/mol. The van der Waals surface area contributed by atoms with Crippen molar-refractivity contribution in [1.82, 2.24) is 10.2 Å². The van der Waals surface area contributed by atoms with Crippen LogP contribution in [0.15, 0.2) is 28.3 Å². The van der Waals surface area contributed by atoms with Crippen LogP contribution in [0.5, 0.6) is 0 Å². The van der Waals surface area contributed by atoms with Gasteiger partial charge in [0.2, 0.25) is 0 Å². The van der Waals surface area contributed by atoms with Crippen molar-refractivity contribution in [2.45, 2.75) is 38.4 Å². The third-order valence-electron chi connectivity index (χ3n) is 5.19. The Labute approximate surface area is 145 Å². The van der Waals surface area contributed by atoms with E-state index >= 15 is 0 Å². The van der Waals surface area contributed by atoms with Crippen LogP contribution >= 0.6 is 34.3 Å². The second kappa shape index (κ2) is 6.25. The molecule has 2 aromatic rings. The largest absolute Gasteiger partial charge is 0.317 e. The molecule has 4 rings (SSSR count). The Morgan fingerprint density at radius 3 is 2.77 bits per heavy atom. The molecule has 0 amide bonds. The fourth-order valence-corrected chi connectivity index (χ4v) is 5.60. The summed E-state index contributed by atoms with van der Waals surface area (Å²) in [6, 6.07) is 5.01. The summed E-state index contributed by atoms with van der Waals surface area (Å²) in [6.07, 6.45) is 4.02. The topological polar surface area (TPSA) is 15.3 Å². The number of piperidine rings is 1. The highest BCUT2D eigenvalue weighted by atomic mass is 35.5. The molecule has 2 aliphatic rings. The maximum atomic E-state index is 6.34. The van der Waals surface area contributed by atoms with Gasteiger partial charge in [-0.05, 0) is 71.6 Å². The number of thiophene rings is 2. The molecule has 1 aliphatic heterocycles. The van der Waals surface area contributed by atoms with Gasteiger partial charge in [-0.25, -0.2) is 0 Å². The minimum absolute atomic E-state index is 0.574. The van der Waals surface area contributed by atoms with Gasteiger partial charge in [0, 0.05) is 24.0 Å². The van der Waals surface area contributed by atoms with Crippen molar-refractivity contribution in [2.24, 2.45) is 5.41 Å². The van der Waals surface area contributed by atoms with Gasteiger partial charge in [-0.1, -0.05) is 11.6 Å². The van der Waals surface area contributed by atoms with Crippen molar-refractivity contribution in [3.05, 3.63) is 43.7 Å². The number of halogens is 1. The van der Waals surface area contributed by atoms with Gasteiger partial charge < -0.3 is 5.32 Å². The van der Waals surface area contributed by atoms with Crippen LogP contribution < -0.4 is 5.32 Å². The van der Waals surface area contributed by atoms with E-state index in [9.17, 15) is 0 Å². The molecule has 1 atom stereocenters. The summed E-state index contributed by atoms with van der Waals surface area (Å²) in [5.74, 6) is 0. The van der Waals surface area contributed by atoms with E-state index in [0.717, 1.165) is 24.2 Å². The second-order valence-corrected chi connectivity index (χ2v) is 8.75. The molecule has 118 valence electrons. The maximum Gasteiger partial charge on any atom is 0.0558 e. The summed E-state index contributed by atoms with van der Waals surface area (Å²) in [5.41, 5.74) is 2.01. The lowest BCUT2D eigenvalue weighted by atomic mass is 9.93. The van der Waals surface area contributed by atoms with E-state index in [2.05, 4.69) is 32.4 Å².